The van der Waals surface area contributed by atoms with Crippen molar-refractivity contribution in [1.82, 2.24) is 5.32 Å². The number of rotatable bonds is 7. The summed E-state index contributed by atoms with van der Waals surface area (Å²) in [5.41, 5.74) is 1.25. The first-order chi connectivity index (χ1) is 17.4. The number of nitrogens with zero attached hydrogens (tertiary/aromatic N) is 1. The summed E-state index contributed by atoms with van der Waals surface area (Å²) in [6, 6.07) is 18.3. The van der Waals surface area contributed by atoms with E-state index >= 15 is 0 Å². The molecule has 8 nitrogen and oxygen atoms in total. The molecule has 1 fully saturated rings. The smallest absolute Gasteiger partial charge is 0.256 e. The zero-order valence-electron chi connectivity index (χ0n) is 19.9. The van der Waals surface area contributed by atoms with Gasteiger partial charge in [-0.3, -0.25) is 20.2 Å². The lowest BCUT2D eigenvalue weighted by Crippen LogP contribution is -2.54. The van der Waals surface area contributed by atoms with Gasteiger partial charge in [-0.15, -0.1) is 0 Å². The number of carbonyl (C=O) groups is 1. The van der Waals surface area contributed by atoms with Gasteiger partial charge < -0.3 is 14.8 Å². The van der Waals surface area contributed by atoms with Crippen molar-refractivity contribution in [3.63, 3.8) is 0 Å². The van der Waals surface area contributed by atoms with Crippen molar-refractivity contribution in [2.24, 2.45) is 0 Å². The van der Waals surface area contributed by atoms with Crippen LogP contribution in [0.25, 0.3) is 0 Å². The second kappa shape index (κ2) is 9.44. The molecule has 1 saturated heterocycles. The van der Waals surface area contributed by atoms with Gasteiger partial charge in [-0.1, -0.05) is 54.1 Å². The Morgan fingerprint density at radius 3 is 2.56 bits per heavy atom. The normalized spacial score (nSPS) is 24.4. The summed E-state index contributed by atoms with van der Waals surface area (Å²) in [5.74, 6) is -0.0118. The Balaban J connectivity index is 1.51. The van der Waals surface area contributed by atoms with E-state index in [1.807, 2.05) is 38.1 Å². The molecule has 1 amide bonds. The van der Waals surface area contributed by atoms with Crippen LogP contribution >= 0.6 is 11.6 Å². The zero-order valence-corrected chi connectivity index (χ0v) is 20.6. The van der Waals surface area contributed by atoms with Gasteiger partial charge in [-0.05, 0) is 43.7 Å². The van der Waals surface area contributed by atoms with Gasteiger partial charge in [0.1, 0.15) is 6.61 Å². The lowest BCUT2D eigenvalue weighted by molar-refractivity contribution is -0.532. The van der Waals surface area contributed by atoms with Gasteiger partial charge in [-0.25, -0.2) is 0 Å². The monoisotopic (exact) mass is 507 g/mol. The van der Waals surface area contributed by atoms with Gasteiger partial charge >= 0.3 is 0 Å². The molecule has 2 N–H and O–H groups in total. The highest BCUT2D eigenvalue weighted by molar-refractivity contribution is 6.31. The third-order valence-corrected chi connectivity index (χ3v) is 7.33. The van der Waals surface area contributed by atoms with E-state index in [0.717, 1.165) is 5.56 Å². The molecule has 1 spiro atoms. The number of nitrogens with one attached hydrogen (secondary N) is 2. The van der Waals surface area contributed by atoms with Crippen molar-refractivity contribution in [3.8, 4) is 11.5 Å². The average molecular weight is 508 g/mol. The number of halogens is 1. The molecule has 9 heteroatoms. The van der Waals surface area contributed by atoms with Crippen molar-refractivity contribution in [2.75, 3.05) is 11.9 Å². The predicted molar refractivity (Wildman–Crippen MR) is 136 cm³/mol. The highest BCUT2D eigenvalue weighted by Gasteiger charge is 2.67. The van der Waals surface area contributed by atoms with Crippen molar-refractivity contribution in [1.29, 1.82) is 0 Å². The van der Waals surface area contributed by atoms with Crippen molar-refractivity contribution in [2.45, 2.75) is 44.0 Å². The average Bonchev–Trinajstić information content (AvgIpc) is 3.33. The summed E-state index contributed by atoms with van der Waals surface area (Å²) in [7, 11) is 0. The summed E-state index contributed by atoms with van der Waals surface area (Å²) in [4.78, 5) is 25.4. The Kier molecular flexibility index (Phi) is 6.32. The number of hydrogen-bond donors (Lipinski definition) is 2. The molecule has 0 bridgehead atoms. The number of hydrogen-bond acceptors (Lipinski definition) is 6. The van der Waals surface area contributed by atoms with E-state index in [9.17, 15) is 14.9 Å². The molecule has 0 saturated carbocycles. The number of benzene rings is 3. The second-order valence-corrected chi connectivity index (χ2v) is 9.42. The molecular formula is C27H26ClN3O5. The third kappa shape index (κ3) is 3.86. The Morgan fingerprint density at radius 1 is 1.06 bits per heavy atom. The maximum Gasteiger partial charge on any atom is 0.256 e. The van der Waals surface area contributed by atoms with Gasteiger partial charge in [0.15, 0.2) is 17.0 Å². The van der Waals surface area contributed by atoms with E-state index in [0.29, 0.717) is 39.9 Å². The Hall–Kier alpha value is -3.62. The van der Waals surface area contributed by atoms with Crippen LogP contribution in [0.1, 0.15) is 36.5 Å². The summed E-state index contributed by atoms with van der Waals surface area (Å²) >= 11 is 6.26. The molecule has 186 valence electrons. The largest absolute Gasteiger partial charge is 0.490 e. The topological polar surface area (TPSA) is 103 Å². The highest BCUT2D eigenvalue weighted by atomic mass is 35.5. The van der Waals surface area contributed by atoms with Crippen LogP contribution in [0.4, 0.5) is 5.69 Å². The summed E-state index contributed by atoms with van der Waals surface area (Å²) in [6.07, 6.45) is 0. The van der Waals surface area contributed by atoms with Gasteiger partial charge in [0, 0.05) is 32.8 Å². The number of para-hydroxylation sites is 1. The zero-order chi connectivity index (χ0) is 25.4. The van der Waals surface area contributed by atoms with E-state index in [1.54, 1.807) is 42.5 Å². The minimum atomic E-state index is -1.46. The van der Waals surface area contributed by atoms with Crippen LogP contribution in [-0.4, -0.2) is 29.5 Å². The molecule has 36 heavy (non-hydrogen) atoms. The van der Waals surface area contributed by atoms with E-state index in [-0.39, 0.29) is 17.6 Å². The molecule has 2 heterocycles. The molecule has 5 rings (SSSR count). The lowest BCUT2D eigenvalue weighted by atomic mass is 9.78. The molecule has 2 aliphatic heterocycles. The standard InChI is InChI=1S/C27H26ClN3O5/c1-3-35-23-14-17(12-13-22(23)36-15-18-8-4-6-10-20(18)28)24-16(2)30-27(25(24)31(33)34)19-9-5-7-11-21(19)29-26(27)32/h4-14,16,24-25,30H,3,15H2,1-2H3,(H,29,32)/t16-,24-,25-,27-/m0/s1. The molecule has 3 aromatic carbocycles. The number of fused-ring (bicyclic) bond motifs is 2. The molecule has 3 aromatic rings. The van der Waals surface area contributed by atoms with Crippen LogP contribution in [0.5, 0.6) is 11.5 Å². The predicted octanol–water partition coefficient (Wildman–Crippen LogP) is 4.89. The lowest BCUT2D eigenvalue weighted by Gasteiger charge is -2.25. The molecule has 0 aliphatic carbocycles. The van der Waals surface area contributed by atoms with E-state index in [2.05, 4.69) is 10.6 Å². The van der Waals surface area contributed by atoms with Crippen molar-refractivity contribution in [3.05, 3.63) is 98.6 Å². The third-order valence-electron chi connectivity index (χ3n) is 6.96. The SMILES string of the molecule is CCOc1cc([C@@H]2[C@H](C)N[C@]3(C(=O)Nc4ccccc43)[C@H]2[N+](=O)[O-])ccc1OCc1ccccc1Cl. The van der Waals surface area contributed by atoms with Crippen LogP contribution in [0.3, 0.4) is 0 Å². The van der Waals surface area contributed by atoms with Crippen LogP contribution < -0.4 is 20.1 Å². The summed E-state index contributed by atoms with van der Waals surface area (Å²) in [5, 5.41) is 19.3. The number of anilines is 1. The first-order valence-electron chi connectivity index (χ1n) is 11.8. The maximum atomic E-state index is 13.2. The van der Waals surface area contributed by atoms with Gasteiger partial charge in [0.2, 0.25) is 0 Å². The number of ether oxygens (including phenoxy) is 2. The number of amides is 1. The molecule has 0 aromatic heterocycles. The van der Waals surface area contributed by atoms with E-state index < -0.39 is 23.4 Å². The van der Waals surface area contributed by atoms with Crippen LogP contribution in [0, 0.1) is 10.1 Å². The highest BCUT2D eigenvalue weighted by Crippen LogP contribution is 2.50. The Morgan fingerprint density at radius 2 is 1.81 bits per heavy atom. The molecule has 4 atom stereocenters. The molecular weight excluding hydrogens is 482 g/mol. The fourth-order valence-corrected chi connectivity index (χ4v) is 5.63. The summed E-state index contributed by atoms with van der Waals surface area (Å²) in [6.45, 7) is 4.37. The quantitative estimate of drug-likeness (QED) is 0.349. The second-order valence-electron chi connectivity index (χ2n) is 9.02. The van der Waals surface area contributed by atoms with Gasteiger partial charge in [-0.2, -0.15) is 0 Å². The fourth-order valence-electron chi connectivity index (χ4n) is 5.44. The fraction of sp³-hybridized carbons (Fsp3) is 0.296. The van der Waals surface area contributed by atoms with Gasteiger partial charge in [0.25, 0.3) is 11.9 Å². The number of carbonyl (C=O) groups excluding carboxylic acids is 1. The van der Waals surface area contributed by atoms with Crippen molar-refractivity contribution < 1.29 is 19.2 Å². The van der Waals surface area contributed by atoms with Crippen LogP contribution in [0.15, 0.2) is 66.7 Å². The molecule has 0 unspecified atom stereocenters. The Labute approximate surface area is 213 Å². The summed E-state index contributed by atoms with van der Waals surface area (Å²) < 4.78 is 11.9. The molecule has 0 radical (unpaired) electrons. The first kappa shape index (κ1) is 24.1. The van der Waals surface area contributed by atoms with Gasteiger partial charge in [0.05, 0.1) is 12.5 Å². The van der Waals surface area contributed by atoms with Crippen molar-refractivity contribution >= 4 is 23.2 Å². The van der Waals surface area contributed by atoms with E-state index in [1.165, 1.54) is 0 Å². The van der Waals surface area contributed by atoms with Crippen LogP contribution in [-0.2, 0) is 16.9 Å². The molecule has 2 aliphatic rings. The number of nitro groups is 1. The first-order valence-corrected chi connectivity index (χ1v) is 12.2. The minimum Gasteiger partial charge on any atom is -0.490 e. The maximum absolute atomic E-state index is 13.2. The minimum absolute atomic E-state index is 0.248. The van der Waals surface area contributed by atoms with Crippen LogP contribution in [0.2, 0.25) is 5.02 Å². The van der Waals surface area contributed by atoms with E-state index in [4.69, 9.17) is 21.1 Å². The Bertz CT molecular complexity index is 1330.